The van der Waals surface area contributed by atoms with Gasteiger partial charge in [-0.2, -0.15) is 0 Å². The van der Waals surface area contributed by atoms with Crippen molar-refractivity contribution in [2.75, 3.05) is 38.5 Å². The number of nitrogens with one attached hydrogen (secondary N) is 1. The van der Waals surface area contributed by atoms with Crippen molar-refractivity contribution in [1.82, 2.24) is 29.7 Å². The van der Waals surface area contributed by atoms with E-state index in [0.717, 1.165) is 55.4 Å². The van der Waals surface area contributed by atoms with Crippen LogP contribution >= 0.6 is 0 Å². The van der Waals surface area contributed by atoms with E-state index in [1.165, 1.54) is 0 Å². The summed E-state index contributed by atoms with van der Waals surface area (Å²) in [6, 6.07) is 9.84. The summed E-state index contributed by atoms with van der Waals surface area (Å²) in [6.45, 7) is 5.30. The molecule has 7 heteroatoms. The van der Waals surface area contributed by atoms with Gasteiger partial charge >= 0.3 is 0 Å². The van der Waals surface area contributed by atoms with Gasteiger partial charge in [0.25, 0.3) is 0 Å². The lowest BCUT2D eigenvalue weighted by atomic mass is 10.2. The smallest absolute Gasteiger partial charge is 0.227 e. The van der Waals surface area contributed by atoms with Crippen molar-refractivity contribution in [3.63, 3.8) is 0 Å². The number of piperazine rings is 1. The number of nitrogens with zero attached hydrogens (tertiary/aromatic N) is 6. The fraction of sp³-hybridized carbons (Fsp3) is 0.300. The standard InChI is InChI=1S/C20H23N7/c1-26-9-11-27(12-10-26)15-18-5-4-17(14-23-18)24-20-22-8-6-19(25-20)16-3-2-7-21-13-16/h2-8,13-14H,9-12,15H2,1H3,(H,22,24,25). The number of rotatable bonds is 5. The van der Waals surface area contributed by atoms with Crippen molar-refractivity contribution in [1.29, 1.82) is 0 Å². The average Bonchev–Trinajstić information content (AvgIpc) is 2.72. The second-order valence-electron chi connectivity index (χ2n) is 6.75. The van der Waals surface area contributed by atoms with E-state index in [4.69, 9.17) is 0 Å². The molecule has 3 aromatic rings. The van der Waals surface area contributed by atoms with Crippen LogP contribution in [0.4, 0.5) is 11.6 Å². The van der Waals surface area contributed by atoms with Crippen molar-refractivity contribution in [2.24, 2.45) is 0 Å². The quantitative estimate of drug-likeness (QED) is 0.748. The Labute approximate surface area is 159 Å². The van der Waals surface area contributed by atoms with Crippen LogP contribution in [0, 0.1) is 0 Å². The van der Waals surface area contributed by atoms with Gasteiger partial charge in [0.1, 0.15) is 0 Å². The SMILES string of the molecule is CN1CCN(Cc2ccc(Nc3nccc(-c4cccnc4)n3)cn2)CC1. The van der Waals surface area contributed by atoms with Crippen molar-refractivity contribution in [2.45, 2.75) is 6.54 Å². The molecule has 0 spiro atoms. The van der Waals surface area contributed by atoms with Crippen molar-refractivity contribution in [3.05, 3.63) is 60.8 Å². The maximum atomic E-state index is 4.59. The highest BCUT2D eigenvalue weighted by molar-refractivity contribution is 5.60. The number of pyridine rings is 2. The first-order valence-electron chi connectivity index (χ1n) is 9.12. The van der Waals surface area contributed by atoms with E-state index in [-0.39, 0.29) is 0 Å². The number of hydrogen-bond donors (Lipinski definition) is 1. The molecule has 1 saturated heterocycles. The molecule has 3 aromatic heterocycles. The largest absolute Gasteiger partial charge is 0.323 e. The summed E-state index contributed by atoms with van der Waals surface area (Å²) in [7, 11) is 2.17. The molecule has 1 N–H and O–H groups in total. The summed E-state index contributed by atoms with van der Waals surface area (Å²) in [4.78, 5) is 22.4. The van der Waals surface area contributed by atoms with Crippen LogP contribution in [0.15, 0.2) is 55.1 Å². The van der Waals surface area contributed by atoms with Crippen LogP contribution in [0.2, 0.25) is 0 Å². The highest BCUT2D eigenvalue weighted by Crippen LogP contribution is 2.18. The van der Waals surface area contributed by atoms with E-state index < -0.39 is 0 Å². The summed E-state index contributed by atoms with van der Waals surface area (Å²) < 4.78 is 0. The lowest BCUT2D eigenvalue weighted by Crippen LogP contribution is -2.43. The van der Waals surface area contributed by atoms with Gasteiger partial charge in [-0.15, -0.1) is 0 Å². The molecule has 1 aliphatic heterocycles. The predicted octanol–water partition coefficient (Wildman–Crippen LogP) is 2.42. The molecule has 7 nitrogen and oxygen atoms in total. The zero-order chi connectivity index (χ0) is 18.5. The van der Waals surface area contributed by atoms with Crippen LogP contribution in [-0.2, 0) is 6.54 Å². The van der Waals surface area contributed by atoms with Gasteiger partial charge in [-0.1, -0.05) is 0 Å². The van der Waals surface area contributed by atoms with Crippen LogP contribution in [-0.4, -0.2) is 63.0 Å². The third-order valence-corrected chi connectivity index (χ3v) is 4.68. The monoisotopic (exact) mass is 361 g/mol. The Kier molecular flexibility index (Phi) is 5.32. The van der Waals surface area contributed by atoms with Gasteiger partial charge in [-0.05, 0) is 37.4 Å². The Hall–Kier alpha value is -2.90. The molecule has 1 aliphatic rings. The minimum atomic E-state index is 0.546. The summed E-state index contributed by atoms with van der Waals surface area (Å²) in [5, 5.41) is 3.23. The number of anilines is 2. The Morgan fingerprint density at radius 2 is 1.85 bits per heavy atom. The Morgan fingerprint density at radius 1 is 0.963 bits per heavy atom. The van der Waals surface area contributed by atoms with Crippen molar-refractivity contribution < 1.29 is 0 Å². The van der Waals surface area contributed by atoms with Gasteiger partial charge in [0, 0.05) is 56.9 Å². The van der Waals surface area contributed by atoms with Crippen LogP contribution in [0.3, 0.4) is 0 Å². The molecule has 27 heavy (non-hydrogen) atoms. The predicted molar refractivity (Wildman–Crippen MR) is 106 cm³/mol. The highest BCUT2D eigenvalue weighted by atomic mass is 15.2. The summed E-state index contributed by atoms with van der Waals surface area (Å²) in [5.41, 5.74) is 3.75. The maximum absolute atomic E-state index is 4.59. The minimum Gasteiger partial charge on any atom is -0.323 e. The van der Waals surface area contributed by atoms with E-state index in [0.29, 0.717) is 5.95 Å². The van der Waals surface area contributed by atoms with Crippen molar-refractivity contribution in [3.8, 4) is 11.3 Å². The van der Waals surface area contributed by atoms with Gasteiger partial charge in [0.15, 0.2) is 0 Å². The Bertz CT molecular complexity index is 859. The van der Waals surface area contributed by atoms with E-state index in [1.54, 1.807) is 18.6 Å². The van der Waals surface area contributed by atoms with Gasteiger partial charge in [-0.3, -0.25) is 14.9 Å². The molecule has 0 atom stereocenters. The molecule has 1 fully saturated rings. The number of hydrogen-bond acceptors (Lipinski definition) is 7. The van der Waals surface area contributed by atoms with Crippen LogP contribution in [0.1, 0.15) is 5.69 Å². The van der Waals surface area contributed by atoms with E-state index >= 15 is 0 Å². The fourth-order valence-corrected chi connectivity index (χ4v) is 3.05. The second-order valence-corrected chi connectivity index (χ2v) is 6.75. The maximum Gasteiger partial charge on any atom is 0.227 e. The number of likely N-dealkylation sites (N-methyl/N-ethyl adjacent to an activating group) is 1. The first-order valence-corrected chi connectivity index (χ1v) is 9.12. The molecular formula is C20H23N7. The van der Waals surface area contributed by atoms with E-state index in [2.05, 4.69) is 48.2 Å². The third kappa shape index (κ3) is 4.64. The Morgan fingerprint density at radius 3 is 2.59 bits per heavy atom. The van der Waals surface area contributed by atoms with Gasteiger partial charge in [0.05, 0.1) is 23.3 Å². The average molecular weight is 361 g/mol. The molecule has 0 aliphatic carbocycles. The van der Waals surface area contributed by atoms with Crippen molar-refractivity contribution >= 4 is 11.6 Å². The summed E-state index contributed by atoms with van der Waals surface area (Å²) in [5.74, 6) is 0.546. The molecule has 0 saturated carbocycles. The third-order valence-electron chi connectivity index (χ3n) is 4.68. The highest BCUT2D eigenvalue weighted by Gasteiger charge is 2.14. The normalized spacial score (nSPS) is 15.6. The van der Waals surface area contributed by atoms with Crippen LogP contribution in [0.25, 0.3) is 11.3 Å². The molecule has 0 amide bonds. The molecular weight excluding hydrogens is 338 g/mol. The lowest BCUT2D eigenvalue weighted by molar-refractivity contribution is 0.147. The van der Waals surface area contributed by atoms with E-state index in [9.17, 15) is 0 Å². The zero-order valence-corrected chi connectivity index (χ0v) is 15.4. The van der Waals surface area contributed by atoms with Crippen LogP contribution in [0.5, 0.6) is 0 Å². The molecule has 0 unspecified atom stereocenters. The number of aromatic nitrogens is 4. The Balaban J connectivity index is 1.40. The summed E-state index contributed by atoms with van der Waals surface area (Å²) >= 11 is 0. The molecule has 0 aromatic carbocycles. The molecule has 0 radical (unpaired) electrons. The minimum absolute atomic E-state index is 0.546. The second kappa shape index (κ2) is 8.20. The van der Waals surface area contributed by atoms with Gasteiger partial charge < -0.3 is 10.2 Å². The lowest BCUT2D eigenvalue weighted by Gasteiger charge is -2.32. The molecule has 138 valence electrons. The first kappa shape index (κ1) is 17.5. The molecule has 0 bridgehead atoms. The van der Waals surface area contributed by atoms with Gasteiger partial charge in [-0.25, -0.2) is 9.97 Å². The zero-order valence-electron chi connectivity index (χ0n) is 15.4. The van der Waals surface area contributed by atoms with Gasteiger partial charge in [0.2, 0.25) is 5.95 Å². The first-order chi connectivity index (χ1) is 13.3. The van der Waals surface area contributed by atoms with Crippen LogP contribution < -0.4 is 5.32 Å². The molecule has 4 rings (SSSR count). The summed E-state index contributed by atoms with van der Waals surface area (Å²) in [6.07, 6.45) is 7.12. The fourth-order valence-electron chi connectivity index (χ4n) is 3.05. The van der Waals surface area contributed by atoms with E-state index in [1.807, 2.05) is 30.5 Å². The molecule has 4 heterocycles. The topological polar surface area (TPSA) is 70.1 Å².